The third-order valence-corrected chi connectivity index (χ3v) is 4.77. The Morgan fingerprint density at radius 3 is 2.23 bits per heavy atom. The fraction of sp³-hybridized carbons (Fsp3) is 0.421. The minimum Gasteiger partial charge on any atom is -0.550 e. The molecule has 1 fully saturated rings. The lowest BCUT2D eigenvalue weighted by Crippen LogP contribution is -2.41. The zero-order valence-electron chi connectivity index (χ0n) is 14.3. The normalized spacial score (nSPS) is 22.7. The molecule has 1 N–H and O–H groups in total. The molecule has 0 radical (unpaired) electrons. The molecule has 0 saturated carbocycles. The predicted molar refractivity (Wildman–Crippen MR) is 92.2 cm³/mol. The molecule has 2 amide bonds. The minimum absolute atomic E-state index is 0.0689. The van der Waals surface area contributed by atoms with E-state index in [1.54, 1.807) is 35.2 Å². The van der Waals surface area contributed by atoms with Gasteiger partial charge in [0.05, 0.1) is 19.1 Å². The highest BCUT2D eigenvalue weighted by molar-refractivity contribution is 5.97. The van der Waals surface area contributed by atoms with Crippen LogP contribution in [0.3, 0.4) is 0 Å². The molecule has 2 atom stereocenters. The first-order valence-electron chi connectivity index (χ1n) is 8.70. The van der Waals surface area contributed by atoms with Gasteiger partial charge in [-0.05, 0) is 37.1 Å². The monoisotopic (exact) mass is 357 g/mol. The molecule has 1 aliphatic heterocycles. The number of nitrogens with one attached hydrogen (secondary N) is 1. The van der Waals surface area contributed by atoms with Crippen LogP contribution in [0.5, 0.6) is 0 Å². The third-order valence-electron chi connectivity index (χ3n) is 4.77. The number of carboxylic acids is 1. The molecule has 0 spiro atoms. The van der Waals surface area contributed by atoms with Crippen LogP contribution in [0.15, 0.2) is 36.4 Å². The van der Waals surface area contributed by atoms with Crippen molar-refractivity contribution in [1.29, 1.82) is 0 Å². The summed E-state index contributed by atoms with van der Waals surface area (Å²) in [6.45, 7) is 2.21. The molecule has 2 aliphatic rings. The lowest BCUT2D eigenvalue weighted by atomic mass is 9.82. The highest BCUT2D eigenvalue weighted by Gasteiger charge is 2.29. The van der Waals surface area contributed by atoms with Gasteiger partial charge in [0, 0.05) is 36.2 Å². The number of carbonyl (C=O) groups excluding carboxylic acids is 3. The third kappa shape index (κ3) is 4.11. The van der Waals surface area contributed by atoms with Crippen LogP contribution in [-0.2, 0) is 14.3 Å². The quantitative estimate of drug-likeness (QED) is 0.788. The Morgan fingerprint density at radius 2 is 1.62 bits per heavy atom. The molecule has 26 heavy (non-hydrogen) atoms. The standard InChI is InChI=1S/C19H22N2O5/c22-17(15-3-1-2-4-16(15)19(24)25)20-14-7-5-13(6-8-14)18(23)21-9-11-26-12-10-21/h1-2,5-8,15-16H,3-4,9-12H2,(H,20,22)(H,24,25)/p-1/t15-,16+/m1/s1. The first kappa shape index (κ1) is 18.1. The van der Waals surface area contributed by atoms with Crippen molar-refractivity contribution in [2.45, 2.75) is 12.8 Å². The number of hydrogen-bond donors (Lipinski definition) is 1. The summed E-state index contributed by atoms with van der Waals surface area (Å²) in [5.74, 6) is -3.10. The highest BCUT2D eigenvalue weighted by atomic mass is 16.5. The van der Waals surface area contributed by atoms with Gasteiger partial charge in [-0.1, -0.05) is 12.2 Å². The SMILES string of the molecule is O=C([O-])[C@H]1CC=CC[C@H]1C(=O)Nc1ccc(C(=O)N2CCOCC2)cc1. The molecule has 1 aliphatic carbocycles. The second kappa shape index (κ2) is 8.14. The number of carboxylic acid groups (broad SMARTS) is 1. The van der Waals surface area contributed by atoms with Crippen molar-refractivity contribution in [1.82, 2.24) is 4.90 Å². The number of hydrogen-bond acceptors (Lipinski definition) is 5. The maximum atomic E-state index is 12.4. The maximum absolute atomic E-state index is 12.4. The molecule has 1 aromatic carbocycles. The highest BCUT2D eigenvalue weighted by Crippen LogP contribution is 2.26. The lowest BCUT2D eigenvalue weighted by Gasteiger charge is -2.28. The average Bonchev–Trinajstić information content (AvgIpc) is 2.68. The number of amides is 2. The van der Waals surface area contributed by atoms with Crippen molar-refractivity contribution >= 4 is 23.5 Å². The molecule has 0 unspecified atom stereocenters. The van der Waals surface area contributed by atoms with Gasteiger partial charge in [0.1, 0.15) is 0 Å². The Bertz CT molecular complexity index is 707. The van der Waals surface area contributed by atoms with E-state index >= 15 is 0 Å². The van der Waals surface area contributed by atoms with Crippen LogP contribution in [0.25, 0.3) is 0 Å². The average molecular weight is 357 g/mol. The first-order chi connectivity index (χ1) is 12.6. The predicted octanol–water partition coefficient (Wildman–Crippen LogP) is 0.430. The summed E-state index contributed by atoms with van der Waals surface area (Å²) in [6.07, 6.45) is 4.25. The molecule has 7 nitrogen and oxygen atoms in total. The Balaban J connectivity index is 1.63. The molecule has 138 valence electrons. The van der Waals surface area contributed by atoms with Gasteiger partial charge >= 0.3 is 0 Å². The lowest BCUT2D eigenvalue weighted by molar-refractivity contribution is -0.313. The van der Waals surface area contributed by atoms with Crippen LogP contribution in [0.1, 0.15) is 23.2 Å². The van der Waals surface area contributed by atoms with E-state index in [0.717, 1.165) is 0 Å². The molecule has 1 aromatic rings. The fourth-order valence-corrected chi connectivity index (χ4v) is 3.24. The number of rotatable bonds is 4. The van der Waals surface area contributed by atoms with Gasteiger partial charge < -0.3 is 24.9 Å². The van der Waals surface area contributed by atoms with E-state index in [9.17, 15) is 19.5 Å². The summed E-state index contributed by atoms with van der Waals surface area (Å²) < 4.78 is 5.24. The van der Waals surface area contributed by atoms with Gasteiger partial charge in [-0.25, -0.2) is 0 Å². The summed E-state index contributed by atoms with van der Waals surface area (Å²) in [7, 11) is 0. The van der Waals surface area contributed by atoms with E-state index < -0.39 is 17.8 Å². The number of carbonyl (C=O) groups is 3. The van der Waals surface area contributed by atoms with Gasteiger partial charge in [-0.3, -0.25) is 9.59 Å². The summed E-state index contributed by atoms with van der Waals surface area (Å²) in [6, 6.07) is 6.62. The van der Waals surface area contributed by atoms with E-state index in [-0.39, 0.29) is 11.8 Å². The van der Waals surface area contributed by atoms with Crippen molar-refractivity contribution in [3.05, 3.63) is 42.0 Å². The summed E-state index contributed by atoms with van der Waals surface area (Å²) >= 11 is 0. The van der Waals surface area contributed by atoms with E-state index in [1.165, 1.54) is 0 Å². The van der Waals surface area contributed by atoms with Gasteiger partial charge in [0.15, 0.2) is 0 Å². The van der Waals surface area contributed by atoms with Crippen LogP contribution in [0.4, 0.5) is 5.69 Å². The van der Waals surface area contributed by atoms with Crippen LogP contribution in [-0.4, -0.2) is 49.0 Å². The largest absolute Gasteiger partial charge is 0.550 e. The number of benzene rings is 1. The van der Waals surface area contributed by atoms with Crippen molar-refractivity contribution < 1.29 is 24.2 Å². The van der Waals surface area contributed by atoms with Crippen molar-refractivity contribution in [2.75, 3.05) is 31.6 Å². The maximum Gasteiger partial charge on any atom is 0.254 e. The van der Waals surface area contributed by atoms with E-state index in [0.29, 0.717) is 50.4 Å². The van der Waals surface area contributed by atoms with Crippen LogP contribution in [0, 0.1) is 11.8 Å². The van der Waals surface area contributed by atoms with E-state index in [2.05, 4.69) is 5.32 Å². The molecule has 3 rings (SSSR count). The number of ether oxygens (including phenoxy) is 1. The minimum atomic E-state index is -1.21. The molecule has 0 bridgehead atoms. The topological polar surface area (TPSA) is 98.8 Å². The van der Waals surface area contributed by atoms with E-state index in [1.807, 2.05) is 6.08 Å². The molecular weight excluding hydrogens is 336 g/mol. The number of morpholine rings is 1. The zero-order valence-corrected chi connectivity index (χ0v) is 14.3. The first-order valence-corrected chi connectivity index (χ1v) is 8.70. The molecular formula is C19H21N2O5-. The summed E-state index contributed by atoms with van der Waals surface area (Å²) in [4.78, 5) is 37.8. The number of nitrogens with zero attached hydrogens (tertiary/aromatic N) is 1. The Kier molecular flexibility index (Phi) is 5.68. The smallest absolute Gasteiger partial charge is 0.254 e. The molecule has 1 heterocycles. The van der Waals surface area contributed by atoms with Gasteiger partial charge in [0.2, 0.25) is 5.91 Å². The van der Waals surface area contributed by atoms with Crippen molar-refractivity contribution in [3.8, 4) is 0 Å². The second-order valence-electron chi connectivity index (χ2n) is 6.45. The number of allylic oxidation sites excluding steroid dienone is 2. The van der Waals surface area contributed by atoms with Crippen LogP contribution >= 0.6 is 0 Å². The number of anilines is 1. The summed E-state index contributed by atoms with van der Waals surface area (Å²) in [5.41, 5.74) is 1.07. The summed E-state index contributed by atoms with van der Waals surface area (Å²) in [5, 5.41) is 13.9. The second-order valence-corrected chi connectivity index (χ2v) is 6.45. The molecule has 0 aromatic heterocycles. The Labute approximate surface area is 151 Å². The van der Waals surface area contributed by atoms with E-state index in [4.69, 9.17) is 4.74 Å². The van der Waals surface area contributed by atoms with Gasteiger partial charge in [-0.15, -0.1) is 0 Å². The number of aliphatic carboxylic acids is 1. The molecule has 1 saturated heterocycles. The van der Waals surface area contributed by atoms with Crippen LogP contribution < -0.4 is 10.4 Å². The molecule has 7 heteroatoms. The fourth-order valence-electron chi connectivity index (χ4n) is 3.24. The zero-order chi connectivity index (χ0) is 18.5. The van der Waals surface area contributed by atoms with Gasteiger partial charge in [-0.2, -0.15) is 0 Å². The van der Waals surface area contributed by atoms with Crippen LogP contribution in [0.2, 0.25) is 0 Å². The van der Waals surface area contributed by atoms with Crippen molar-refractivity contribution in [2.24, 2.45) is 11.8 Å². The van der Waals surface area contributed by atoms with Gasteiger partial charge in [0.25, 0.3) is 5.91 Å². The Hall–Kier alpha value is -2.67. The van der Waals surface area contributed by atoms with Crippen molar-refractivity contribution in [3.63, 3.8) is 0 Å². The Morgan fingerprint density at radius 1 is 1.00 bits per heavy atom.